The Labute approximate surface area is 118 Å². The molecule has 0 aliphatic carbocycles. The Morgan fingerprint density at radius 2 is 1.94 bits per heavy atom. The topological polar surface area (TPSA) is 33.8 Å². The number of benzene rings is 1. The third-order valence-electron chi connectivity index (χ3n) is 2.14. The average molecular weight is 358 g/mol. The molecule has 2 rings (SSSR count). The first-order valence-corrected chi connectivity index (χ1v) is 5.64. The number of ketones is 1. The summed E-state index contributed by atoms with van der Waals surface area (Å²) in [4.78, 5) is 11.8. The van der Waals surface area contributed by atoms with E-state index in [9.17, 15) is 4.79 Å². The molecule has 0 amide bonds. The molecule has 3 nitrogen and oxygen atoms in total. The van der Waals surface area contributed by atoms with Crippen molar-refractivity contribution in [2.24, 2.45) is 0 Å². The van der Waals surface area contributed by atoms with Crippen LogP contribution in [0, 0.1) is 0 Å². The molecule has 0 aliphatic heterocycles. The molecule has 0 saturated heterocycles. The second kappa shape index (κ2) is 6.61. The van der Waals surface area contributed by atoms with Crippen molar-refractivity contribution in [3.8, 4) is 0 Å². The molecule has 1 heterocycles. The Morgan fingerprint density at radius 3 is 2.53 bits per heavy atom. The van der Waals surface area contributed by atoms with E-state index in [0.717, 1.165) is 4.47 Å². The molecule has 0 bridgehead atoms. The van der Waals surface area contributed by atoms with Gasteiger partial charge in [0.1, 0.15) is 0 Å². The summed E-state index contributed by atoms with van der Waals surface area (Å²) in [5, 5.41) is 4.05. The van der Waals surface area contributed by atoms with Crippen molar-refractivity contribution in [2.75, 3.05) is 0 Å². The quantitative estimate of drug-likeness (QED) is 0.522. The lowest BCUT2D eigenvalue weighted by Crippen LogP contribution is -3.00. The number of Topliss-reactive ketones (excluding diaryl/α,β-unsaturated/α-hetero) is 1. The smallest absolute Gasteiger partial charge is 0.236 e. The number of aromatic nitrogens is 2. The minimum atomic E-state index is 0. The van der Waals surface area contributed by atoms with Crippen LogP contribution < -0.4 is 21.7 Å². The first kappa shape index (κ1) is 14.0. The number of halogens is 2. The molecular formula is C12H10Br2N2O. The summed E-state index contributed by atoms with van der Waals surface area (Å²) in [5.41, 5.74) is 0.696. The second-order valence-corrected chi connectivity index (χ2v) is 4.24. The highest BCUT2D eigenvalue weighted by Crippen LogP contribution is 2.10. The van der Waals surface area contributed by atoms with Crippen molar-refractivity contribution in [1.29, 1.82) is 0 Å². The summed E-state index contributed by atoms with van der Waals surface area (Å²) >= 11 is 3.33. The first-order valence-electron chi connectivity index (χ1n) is 4.85. The lowest BCUT2D eigenvalue weighted by Gasteiger charge is -1.96. The number of carbonyl (C=O) groups excluding carboxylic acids is 1. The van der Waals surface area contributed by atoms with E-state index in [1.165, 1.54) is 0 Å². The van der Waals surface area contributed by atoms with Crippen LogP contribution in [0.5, 0.6) is 0 Å². The van der Waals surface area contributed by atoms with E-state index >= 15 is 0 Å². The van der Waals surface area contributed by atoms with Crippen LogP contribution in [-0.4, -0.2) is 10.9 Å². The standard InChI is InChI=1S/C12H10BrN2O.BrH/c13-11-5-3-10(4-6-11)12(16)9-15-8-2-1-7-14-15;/h1-8H,9H2;1H/q+1;/p-1. The second-order valence-electron chi connectivity index (χ2n) is 3.33. The maximum absolute atomic E-state index is 11.8. The summed E-state index contributed by atoms with van der Waals surface area (Å²) in [6.45, 7) is 0.266. The molecule has 0 aliphatic rings. The van der Waals surface area contributed by atoms with Gasteiger partial charge in [-0.25, -0.2) is 0 Å². The van der Waals surface area contributed by atoms with E-state index in [1.54, 1.807) is 29.2 Å². The molecule has 17 heavy (non-hydrogen) atoms. The van der Waals surface area contributed by atoms with Gasteiger partial charge in [0.15, 0.2) is 6.20 Å². The van der Waals surface area contributed by atoms with Gasteiger partial charge < -0.3 is 17.0 Å². The van der Waals surface area contributed by atoms with Crippen LogP contribution in [0.2, 0.25) is 0 Å². The van der Waals surface area contributed by atoms with E-state index in [-0.39, 0.29) is 29.3 Å². The number of carbonyl (C=O) groups is 1. The molecule has 0 spiro atoms. The number of nitrogens with zero attached hydrogens (tertiary/aromatic N) is 2. The number of hydrogen-bond donors (Lipinski definition) is 0. The van der Waals surface area contributed by atoms with Gasteiger partial charge in [0, 0.05) is 16.1 Å². The van der Waals surface area contributed by atoms with E-state index in [4.69, 9.17) is 0 Å². The minimum Gasteiger partial charge on any atom is -1.00 e. The van der Waals surface area contributed by atoms with Gasteiger partial charge in [-0.1, -0.05) is 32.7 Å². The average Bonchev–Trinajstić information content (AvgIpc) is 2.31. The van der Waals surface area contributed by atoms with Crippen LogP contribution in [0.15, 0.2) is 53.3 Å². The normalized spacial score (nSPS) is 9.47. The van der Waals surface area contributed by atoms with Crippen LogP contribution in [0.3, 0.4) is 0 Å². The first-order chi connectivity index (χ1) is 7.75. The SMILES string of the molecule is O=C(C[n+]1ccccn1)c1ccc(Br)cc1.[Br-]. The highest BCUT2D eigenvalue weighted by atomic mass is 79.9. The highest BCUT2D eigenvalue weighted by Gasteiger charge is 2.12. The molecule has 5 heteroatoms. The van der Waals surface area contributed by atoms with Gasteiger partial charge in [-0.2, -0.15) is 0 Å². The fourth-order valence-corrected chi connectivity index (χ4v) is 1.59. The van der Waals surface area contributed by atoms with Gasteiger partial charge in [-0.3, -0.25) is 4.79 Å². The van der Waals surface area contributed by atoms with E-state index in [1.807, 2.05) is 24.3 Å². The Balaban J connectivity index is 0.00000144. The molecule has 88 valence electrons. The monoisotopic (exact) mass is 356 g/mol. The fraction of sp³-hybridized carbons (Fsp3) is 0.0833. The molecule has 0 saturated carbocycles. The van der Waals surface area contributed by atoms with Gasteiger partial charge in [-0.15, -0.1) is 0 Å². The Hall–Kier alpha value is -1.07. The summed E-state index contributed by atoms with van der Waals surface area (Å²) in [6, 6.07) is 11.0. The molecular weight excluding hydrogens is 348 g/mol. The van der Waals surface area contributed by atoms with Gasteiger partial charge in [0.05, 0.1) is 6.20 Å². The predicted molar refractivity (Wildman–Crippen MR) is 62.9 cm³/mol. The van der Waals surface area contributed by atoms with E-state index in [0.29, 0.717) is 5.56 Å². The summed E-state index contributed by atoms with van der Waals surface area (Å²) in [5.74, 6) is 0.0520. The van der Waals surface area contributed by atoms with Crippen LogP contribution in [0.4, 0.5) is 0 Å². The van der Waals surface area contributed by atoms with Gasteiger partial charge in [0.25, 0.3) is 0 Å². The van der Waals surface area contributed by atoms with Gasteiger partial charge in [0.2, 0.25) is 12.3 Å². The van der Waals surface area contributed by atoms with Gasteiger partial charge in [-0.05, 0) is 23.3 Å². The molecule has 2 aromatic rings. The van der Waals surface area contributed by atoms with Crippen molar-refractivity contribution < 1.29 is 26.5 Å². The highest BCUT2D eigenvalue weighted by molar-refractivity contribution is 9.10. The summed E-state index contributed by atoms with van der Waals surface area (Å²) in [6.07, 6.45) is 3.44. The Morgan fingerprint density at radius 1 is 1.24 bits per heavy atom. The largest absolute Gasteiger partial charge is 1.00 e. The number of rotatable bonds is 3. The summed E-state index contributed by atoms with van der Waals surface area (Å²) in [7, 11) is 0. The van der Waals surface area contributed by atoms with Crippen LogP contribution >= 0.6 is 15.9 Å². The lowest BCUT2D eigenvalue weighted by atomic mass is 10.1. The maximum Gasteiger partial charge on any atom is 0.236 e. The Kier molecular flexibility index (Phi) is 5.44. The molecule has 0 fully saturated rings. The van der Waals surface area contributed by atoms with Crippen LogP contribution in [0.1, 0.15) is 10.4 Å². The van der Waals surface area contributed by atoms with Crippen molar-refractivity contribution in [3.05, 3.63) is 58.8 Å². The van der Waals surface area contributed by atoms with Crippen molar-refractivity contribution in [1.82, 2.24) is 5.10 Å². The minimum absolute atomic E-state index is 0. The molecule has 1 aromatic carbocycles. The molecule has 0 atom stereocenters. The van der Waals surface area contributed by atoms with Crippen molar-refractivity contribution in [3.63, 3.8) is 0 Å². The zero-order valence-corrected chi connectivity index (χ0v) is 12.1. The fourth-order valence-electron chi connectivity index (χ4n) is 1.33. The molecule has 0 unspecified atom stereocenters. The van der Waals surface area contributed by atoms with Crippen molar-refractivity contribution >= 4 is 21.7 Å². The third-order valence-corrected chi connectivity index (χ3v) is 2.67. The number of hydrogen-bond acceptors (Lipinski definition) is 2. The molecule has 0 N–H and O–H groups in total. The Bertz CT molecular complexity index is 486. The molecule has 0 radical (unpaired) electrons. The van der Waals surface area contributed by atoms with Gasteiger partial charge >= 0.3 is 0 Å². The zero-order chi connectivity index (χ0) is 11.4. The maximum atomic E-state index is 11.8. The van der Waals surface area contributed by atoms with Crippen LogP contribution in [-0.2, 0) is 6.54 Å². The van der Waals surface area contributed by atoms with E-state index in [2.05, 4.69) is 21.0 Å². The third kappa shape index (κ3) is 4.02. The van der Waals surface area contributed by atoms with Crippen molar-refractivity contribution in [2.45, 2.75) is 6.54 Å². The molecule has 1 aromatic heterocycles. The van der Waals surface area contributed by atoms with E-state index < -0.39 is 0 Å². The van der Waals surface area contributed by atoms with Crippen LogP contribution in [0.25, 0.3) is 0 Å². The lowest BCUT2D eigenvalue weighted by molar-refractivity contribution is -0.741. The summed E-state index contributed by atoms with van der Waals surface area (Å²) < 4.78 is 2.58. The zero-order valence-electron chi connectivity index (χ0n) is 8.88. The predicted octanol–water partition coefficient (Wildman–Crippen LogP) is -0.981.